The molecule has 0 radical (unpaired) electrons. The predicted molar refractivity (Wildman–Crippen MR) is 128 cm³/mol. The van der Waals surface area contributed by atoms with Gasteiger partial charge < -0.3 is 10.4 Å². The minimum absolute atomic E-state index is 0.0596. The average molecular weight is 514 g/mol. The second kappa shape index (κ2) is 10.2. The number of hydrogen-bond donors (Lipinski definition) is 2. The maximum absolute atomic E-state index is 14.0. The number of halogens is 4. The standard InChI is InChI=1S/C26H19ClF3N3O3/c27-19-10-12-20(13-11-19)33-24(26(28,29)30)21(15-31-33)25(36)32-22(14-23(34)35)18-8-6-17(7-9-18)16-4-2-1-3-5-16/h1-13,15,22H,14H2,(H,32,36)(H,34,35). The second-order valence-electron chi connectivity index (χ2n) is 7.90. The Morgan fingerprint density at radius 3 is 2.14 bits per heavy atom. The van der Waals surface area contributed by atoms with Crippen LogP contribution < -0.4 is 5.32 Å². The summed E-state index contributed by atoms with van der Waals surface area (Å²) < 4.78 is 42.6. The van der Waals surface area contributed by atoms with E-state index in [0.29, 0.717) is 15.3 Å². The topological polar surface area (TPSA) is 84.2 Å². The van der Waals surface area contributed by atoms with E-state index in [1.807, 2.05) is 30.3 Å². The Kier molecular flexibility index (Phi) is 7.12. The summed E-state index contributed by atoms with van der Waals surface area (Å²) >= 11 is 5.82. The van der Waals surface area contributed by atoms with E-state index in [-0.39, 0.29) is 5.69 Å². The molecular formula is C26H19ClF3N3O3. The van der Waals surface area contributed by atoms with E-state index in [1.54, 1.807) is 24.3 Å². The van der Waals surface area contributed by atoms with Crippen molar-refractivity contribution in [2.45, 2.75) is 18.6 Å². The van der Waals surface area contributed by atoms with E-state index < -0.39 is 41.8 Å². The number of carboxylic acids is 1. The first-order valence-electron chi connectivity index (χ1n) is 10.7. The Morgan fingerprint density at radius 1 is 0.944 bits per heavy atom. The molecule has 6 nitrogen and oxygen atoms in total. The number of carbonyl (C=O) groups is 2. The van der Waals surface area contributed by atoms with Gasteiger partial charge in [0, 0.05) is 5.02 Å². The van der Waals surface area contributed by atoms with Crippen LogP contribution >= 0.6 is 11.6 Å². The Labute approximate surface area is 209 Å². The summed E-state index contributed by atoms with van der Waals surface area (Å²) in [6.45, 7) is 0. The molecule has 1 aromatic heterocycles. The number of hydrogen-bond acceptors (Lipinski definition) is 3. The zero-order valence-electron chi connectivity index (χ0n) is 18.5. The molecule has 4 rings (SSSR count). The van der Waals surface area contributed by atoms with Crippen molar-refractivity contribution in [3.05, 3.63) is 107 Å². The number of nitrogens with one attached hydrogen (secondary N) is 1. The van der Waals surface area contributed by atoms with Crippen molar-refractivity contribution in [3.8, 4) is 16.8 Å². The zero-order chi connectivity index (χ0) is 25.9. The van der Waals surface area contributed by atoms with E-state index in [0.717, 1.165) is 17.3 Å². The van der Waals surface area contributed by atoms with E-state index >= 15 is 0 Å². The van der Waals surface area contributed by atoms with Crippen LogP contribution in [0.15, 0.2) is 85.1 Å². The number of carboxylic acid groups (broad SMARTS) is 1. The molecule has 4 aromatic rings. The van der Waals surface area contributed by atoms with Gasteiger partial charge in [0.05, 0.1) is 29.9 Å². The third kappa shape index (κ3) is 5.58. The largest absolute Gasteiger partial charge is 0.481 e. The van der Waals surface area contributed by atoms with Gasteiger partial charge in [-0.1, -0.05) is 66.2 Å². The quantitative estimate of drug-likeness (QED) is 0.310. The molecule has 0 spiro atoms. The first-order valence-corrected chi connectivity index (χ1v) is 11.1. The Balaban J connectivity index is 1.65. The van der Waals surface area contributed by atoms with Gasteiger partial charge in [-0.05, 0) is 41.0 Å². The number of nitrogens with zero attached hydrogens (tertiary/aromatic N) is 2. The van der Waals surface area contributed by atoms with E-state index in [2.05, 4.69) is 10.4 Å². The normalized spacial score (nSPS) is 12.2. The van der Waals surface area contributed by atoms with Crippen LogP contribution in [-0.4, -0.2) is 26.8 Å². The maximum atomic E-state index is 14.0. The molecule has 3 aromatic carbocycles. The number of amides is 1. The molecule has 10 heteroatoms. The van der Waals surface area contributed by atoms with Crippen molar-refractivity contribution >= 4 is 23.5 Å². The molecular weight excluding hydrogens is 495 g/mol. The van der Waals surface area contributed by atoms with Crippen LogP contribution in [0.4, 0.5) is 13.2 Å². The van der Waals surface area contributed by atoms with Gasteiger partial charge in [0.2, 0.25) is 0 Å². The molecule has 184 valence electrons. The first kappa shape index (κ1) is 25.0. The Morgan fingerprint density at radius 2 is 1.56 bits per heavy atom. The van der Waals surface area contributed by atoms with Gasteiger partial charge in [-0.15, -0.1) is 0 Å². The molecule has 0 bridgehead atoms. The van der Waals surface area contributed by atoms with Crippen LogP contribution in [-0.2, 0) is 11.0 Å². The lowest BCUT2D eigenvalue weighted by molar-refractivity contribution is -0.143. The number of aliphatic carboxylic acids is 1. The highest BCUT2D eigenvalue weighted by Crippen LogP contribution is 2.34. The lowest BCUT2D eigenvalue weighted by Gasteiger charge is -2.19. The number of alkyl halides is 3. The maximum Gasteiger partial charge on any atom is 0.434 e. The minimum atomic E-state index is -4.91. The van der Waals surface area contributed by atoms with Crippen LogP contribution in [0.5, 0.6) is 0 Å². The summed E-state index contributed by atoms with van der Waals surface area (Å²) in [6.07, 6.45) is -4.63. The van der Waals surface area contributed by atoms with Crippen molar-refractivity contribution in [2.24, 2.45) is 0 Å². The summed E-state index contributed by atoms with van der Waals surface area (Å²) in [5.41, 5.74) is 0.286. The smallest absolute Gasteiger partial charge is 0.434 e. The fourth-order valence-corrected chi connectivity index (χ4v) is 3.89. The monoisotopic (exact) mass is 513 g/mol. The SMILES string of the molecule is O=C(O)CC(NC(=O)c1cnn(-c2ccc(Cl)cc2)c1C(F)(F)F)c1ccc(-c2ccccc2)cc1. The van der Waals surface area contributed by atoms with Gasteiger partial charge in [0.15, 0.2) is 5.69 Å². The van der Waals surface area contributed by atoms with Crippen molar-refractivity contribution in [3.63, 3.8) is 0 Å². The van der Waals surface area contributed by atoms with Gasteiger partial charge >= 0.3 is 12.1 Å². The van der Waals surface area contributed by atoms with Crippen molar-refractivity contribution < 1.29 is 27.9 Å². The van der Waals surface area contributed by atoms with Crippen LogP contribution in [0.1, 0.15) is 34.1 Å². The van der Waals surface area contributed by atoms with Crippen LogP contribution in [0.25, 0.3) is 16.8 Å². The lowest BCUT2D eigenvalue weighted by Crippen LogP contribution is -2.31. The van der Waals surface area contributed by atoms with Crippen molar-refractivity contribution in [1.82, 2.24) is 15.1 Å². The molecule has 1 heterocycles. The van der Waals surface area contributed by atoms with Crippen molar-refractivity contribution in [1.29, 1.82) is 0 Å². The number of rotatable bonds is 7. The summed E-state index contributed by atoms with van der Waals surface area (Å²) in [7, 11) is 0. The molecule has 0 aliphatic carbocycles. The molecule has 36 heavy (non-hydrogen) atoms. The van der Waals surface area contributed by atoms with E-state index in [4.69, 9.17) is 11.6 Å². The highest BCUT2D eigenvalue weighted by Gasteiger charge is 2.41. The zero-order valence-corrected chi connectivity index (χ0v) is 19.3. The number of benzene rings is 3. The van der Waals surface area contributed by atoms with Crippen LogP contribution in [0.2, 0.25) is 5.02 Å². The van der Waals surface area contributed by atoms with Gasteiger partial charge in [-0.25, -0.2) is 4.68 Å². The van der Waals surface area contributed by atoms with Crippen LogP contribution in [0, 0.1) is 0 Å². The molecule has 0 saturated heterocycles. The van der Waals surface area contributed by atoms with E-state index in [1.165, 1.54) is 24.3 Å². The lowest BCUT2D eigenvalue weighted by atomic mass is 9.99. The Bertz CT molecular complexity index is 1370. The molecule has 1 amide bonds. The first-order chi connectivity index (χ1) is 17.1. The summed E-state index contributed by atoms with van der Waals surface area (Å²) in [5.74, 6) is -2.32. The predicted octanol–water partition coefficient (Wildman–Crippen LogP) is 6.16. The van der Waals surface area contributed by atoms with Gasteiger partial charge in [-0.2, -0.15) is 18.3 Å². The fourth-order valence-electron chi connectivity index (χ4n) is 3.77. The van der Waals surface area contributed by atoms with Crippen molar-refractivity contribution in [2.75, 3.05) is 0 Å². The van der Waals surface area contributed by atoms with Gasteiger partial charge in [-0.3, -0.25) is 9.59 Å². The average Bonchev–Trinajstić information content (AvgIpc) is 3.31. The summed E-state index contributed by atoms with van der Waals surface area (Å²) in [5, 5.41) is 15.9. The highest BCUT2D eigenvalue weighted by molar-refractivity contribution is 6.30. The van der Waals surface area contributed by atoms with Crippen LogP contribution in [0.3, 0.4) is 0 Å². The third-order valence-corrected chi connectivity index (χ3v) is 5.71. The fraction of sp³-hybridized carbons (Fsp3) is 0.115. The molecule has 0 aliphatic rings. The summed E-state index contributed by atoms with van der Waals surface area (Å²) in [6, 6.07) is 20.6. The highest BCUT2D eigenvalue weighted by atomic mass is 35.5. The molecule has 2 N–H and O–H groups in total. The minimum Gasteiger partial charge on any atom is -0.481 e. The molecule has 1 unspecified atom stereocenters. The number of aromatic nitrogens is 2. The second-order valence-corrected chi connectivity index (χ2v) is 8.34. The third-order valence-electron chi connectivity index (χ3n) is 5.46. The van der Waals surface area contributed by atoms with Gasteiger partial charge in [0.1, 0.15) is 0 Å². The Hall–Kier alpha value is -4.11. The molecule has 0 saturated carbocycles. The summed E-state index contributed by atoms with van der Waals surface area (Å²) in [4.78, 5) is 24.5. The van der Waals surface area contributed by atoms with Gasteiger partial charge in [0.25, 0.3) is 5.91 Å². The number of carbonyl (C=O) groups excluding carboxylic acids is 1. The van der Waals surface area contributed by atoms with E-state index in [9.17, 15) is 27.9 Å². The molecule has 1 atom stereocenters. The molecule has 0 fully saturated rings. The molecule has 0 aliphatic heterocycles.